The van der Waals surface area contributed by atoms with Gasteiger partial charge in [-0.05, 0) is 55.0 Å². The summed E-state index contributed by atoms with van der Waals surface area (Å²) in [5, 5.41) is -0.0548. The Balaban J connectivity index is 1.27. The lowest BCUT2D eigenvalue weighted by molar-refractivity contribution is -0.132. The lowest BCUT2D eigenvalue weighted by atomic mass is 9.82. The zero-order valence-electron chi connectivity index (χ0n) is 23.2. The number of methoxy groups -OCH3 is 2. The van der Waals surface area contributed by atoms with E-state index in [4.69, 9.17) is 9.47 Å². The van der Waals surface area contributed by atoms with Crippen molar-refractivity contribution in [2.75, 3.05) is 33.9 Å². The average molecular weight is 548 g/mol. The van der Waals surface area contributed by atoms with Crippen molar-refractivity contribution in [3.8, 4) is 5.75 Å². The number of likely N-dealkylation sites (N-methyl/N-ethyl adjacent to an activating group) is 1. The summed E-state index contributed by atoms with van der Waals surface area (Å²) < 4.78 is 11.2. The maximum absolute atomic E-state index is 13.9. The molecule has 8 heteroatoms. The summed E-state index contributed by atoms with van der Waals surface area (Å²) in [4.78, 5) is 34.7. The first kappa shape index (κ1) is 26.3. The molecule has 0 bridgehead atoms. The lowest BCUT2D eigenvalue weighted by Crippen LogP contribution is -2.55. The highest BCUT2D eigenvalue weighted by Crippen LogP contribution is 2.49. The molecule has 2 saturated heterocycles. The minimum Gasteiger partial charge on any atom is -0.496 e. The molecule has 2 atom stereocenters. The van der Waals surface area contributed by atoms with Crippen LogP contribution in [-0.4, -0.2) is 71.3 Å². The maximum atomic E-state index is 13.9. The number of hydrogen-bond acceptors (Lipinski definition) is 5. The molecule has 4 aliphatic heterocycles. The Morgan fingerprint density at radius 2 is 1.90 bits per heavy atom. The number of ether oxygens (including phenoxy) is 2. The van der Waals surface area contributed by atoms with Crippen LogP contribution in [0.3, 0.4) is 0 Å². The summed E-state index contributed by atoms with van der Waals surface area (Å²) in [5.41, 5.74) is 5.24. The third-order valence-electron chi connectivity index (χ3n) is 8.90. The van der Waals surface area contributed by atoms with Gasteiger partial charge < -0.3 is 19.3 Å². The highest BCUT2D eigenvalue weighted by molar-refractivity contribution is 8.01. The average Bonchev–Trinajstić information content (AvgIpc) is 3.41. The van der Waals surface area contributed by atoms with Crippen LogP contribution < -0.4 is 4.74 Å². The quantitative estimate of drug-likeness (QED) is 0.516. The SMILES string of the molecule is CCN1C(=O)N2Cc3cc(COC)cc(OC)c3C(C)C=C2C12CCN(C(=O)C1Cc3ccccc3S1)CC2. The van der Waals surface area contributed by atoms with Gasteiger partial charge in [0.15, 0.2) is 0 Å². The van der Waals surface area contributed by atoms with Crippen molar-refractivity contribution in [3.63, 3.8) is 0 Å². The van der Waals surface area contributed by atoms with E-state index >= 15 is 0 Å². The van der Waals surface area contributed by atoms with E-state index < -0.39 is 5.54 Å². The van der Waals surface area contributed by atoms with E-state index in [1.807, 2.05) is 28.0 Å². The Morgan fingerprint density at radius 1 is 1.13 bits per heavy atom. The van der Waals surface area contributed by atoms with E-state index in [0.29, 0.717) is 32.8 Å². The van der Waals surface area contributed by atoms with Crippen LogP contribution in [0.2, 0.25) is 0 Å². The number of fused-ring (bicyclic) bond motifs is 4. The summed E-state index contributed by atoms with van der Waals surface area (Å²) in [6.45, 7) is 7.21. The minimum absolute atomic E-state index is 0.0548. The number of urea groups is 1. The van der Waals surface area contributed by atoms with E-state index in [1.165, 1.54) is 10.5 Å². The van der Waals surface area contributed by atoms with Crippen LogP contribution in [0.5, 0.6) is 5.75 Å². The second-order valence-electron chi connectivity index (χ2n) is 11.0. The largest absolute Gasteiger partial charge is 0.496 e. The molecule has 2 aromatic rings. The molecular weight excluding hydrogens is 510 g/mol. The van der Waals surface area contributed by atoms with Crippen molar-refractivity contribution in [2.24, 2.45) is 0 Å². The van der Waals surface area contributed by atoms with Gasteiger partial charge in [0, 0.05) is 48.8 Å². The molecule has 4 aliphatic rings. The molecule has 2 fully saturated rings. The first-order valence-corrected chi connectivity index (χ1v) is 14.8. The molecule has 2 unspecified atom stereocenters. The number of allylic oxidation sites excluding steroid dienone is 1. The maximum Gasteiger partial charge on any atom is 0.325 e. The van der Waals surface area contributed by atoms with Gasteiger partial charge in [-0.25, -0.2) is 4.79 Å². The van der Waals surface area contributed by atoms with Crippen molar-refractivity contribution < 1.29 is 19.1 Å². The van der Waals surface area contributed by atoms with E-state index in [9.17, 15) is 9.59 Å². The van der Waals surface area contributed by atoms with Gasteiger partial charge in [-0.1, -0.05) is 37.3 Å². The predicted molar refractivity (Wildman–Crippen MR) is 152 cm³/mol. The Morgan fingerprint density at radius 3 is 2.59 bits per heavy atom. The Hall–Kier alpha value is -2.97. The topological polar surface area (TPSA) is 62.3 Å². The van der Waals surface area contributed by atoms with E-state index in [0.717, 1.165) is 47.4 Å². The number of carbonyl (C=O) groups is 2. The fourth-order valence-corrected chi connectivity index (χ4v) is 8.39. The van der Waals surface area contributed by atoms with Crippen molar-refractivity contribution >= 4 is 23.7 Å². The van der Waals surface area contributed by atoms with Crippen LogP contribution in [0.15, 0.2) is 53.1 Å². The molecule has 7 nitrogen and oxygen atoms in total. The molecule has 0 aliphatic carbocycles. The molecule has 0 aromatic heterocycles. The third kappa shape index (κ3) is 4.23. The monoisotopic (exact) mass is 547 g/mol. The fourth-order valence-electron chi connectivity index (χ4n) is 7.11. The molecule has 6 rings (SSSR count). The lowest BCUT2D eigenvalue weighted by Gasteiger charge is -2.44. The second kappa shape index (κ2) is 10.2. The van der Waals surface area contributed by atoms with Crippen LogP contribution in [0.25, 0.3) is 0 Å². The number of rotatable bonds is 5. The highest BCUT2D eigenvalue weighted by Gasteiger charge is 2.55. The van der Waals surface area contributed by atoms with E-state index in [1.54, 1.807) is 26.0 Å². The zero-order valence-corrected chi connectivity index (χ0v) is 24.1. The molecule has 3 amide bonds. The van der Waals surface area contributed by atoms with Crippen molar-refractivity contribution in [1.29, 1.82) is 0 Å². The predicted octanol–water partition coefficient (Wildman–Crippen LogP) is 5.18. The number of benzene rings is 2. The summed E-state index contributed by atoms with van der Waals surface area (Å²) in [5.74, 6) is 1.15. The van der Waals surface area contributed by atoms with E-state index in [2.05, 4.69) is 43.0 Å². The van der Waals surface area contributed by atoms with Gasteiger partial charge in [0.2, 0.25) is 5.91 Å². The number of thioether (sulfide) groups is 1. The molecule has 2 aromatic carbocycles. The number of amides is 3. The molecule has 1 spiro atoms. The zero-order chi connectivity index (χ0) is 27.3. The van der Waals surface area contributed by atoms with Crippen molar-refractivity contribution in [3.05, 3.63) is 70.4 Å². The molecule has 0 radical (unpaired) electrons. The standard InChI is InChI=1S/C31H37N3O4S/c1-5-34-30(36)33-18-23-15-21(19-37-3)16-24(38-4)28(23)20(2)14-27(33)31(34)10-12-32(13-11-31)29(35)26-17-22-8-6-7-9-25(22)39-26/h6-9,14-16,20,26H,5,10-13,17-19H2,1-4H3. The molecule has 0 N–H and O–H groups in total. The van der Waals surface area contributed by atoms with Crippen LogP contribution in [0, 0.1) is 0 Å². The van der Waals surface area contributed by atoms with Gasteiger partial charge >= 0.3 is 6.03 Å². The van der Waals surface area contributed by atoms with Crippen LogP contribution in [0.4, 0.5) is 4.79 Å². The Kier molecular flexibility index (Phi) is 6.88. The first-order valence-electron chi connectivity index (χ1n) is 13.9. The Bertz CT molecular complexity index is 1310. The van der Waals surface area contributed by atoms with Gasteiger partial charge in [-0.3, -0.25) is 9.69 Å². The van der Waals surface area contributed by atoms with Crippen molar-refractivity contribution in [2.45, 2.75) is 67.9 Å². The summed E-state index contributed by atoms with van der Waals surface area (Å²) >= 11 is 1.69. The molecule has 0 saturated carbocycles. The normalized spacial score (nSPS) is 23.3. The summed E-state index contributed by atoms with van der Waals surface area (Å²) in [6, 6.07) is 12.6. The number of nitrogens with zero attached hydrogens (tertiary/aromatic N) is 3. The number of piperidine rings is 1. The molecule has 39 heavy (non-hydrogen) atoms. The Labute approximate surface area is 235 Å². The fraction of sp³-hybridized carbons (Fsp3) is 0.484. The van der Waals surface area contributed by atoms with Crippen molar-refractivity contribution in [1.82, 2.24) is 14.7 Å². The first-order chi connectivity index (χ1) is 18.9. The molecular formula is C31H37N3O4S. The van der Waals surface area contributed by atoms with Crippen LogP contribution >= 0.6 is 11.8 Å². The molecule has 206 valence electrons. The summed E-state index contributed by atoms with van der Waals surface area (Å²) in [6.07, 6.45) is 4.57. The third-order valence-corrected chi connectivity index (χ3v) is 10.2. The van der Waals surface area contributed by atoms with Crippen LogP contribution in [0.1, 0.15) is 54.9 Å². The van der Waals surface area contributed by atoms with Gasteiger partial charge in [0.25, 0.3) is 0 Å². The summed E-state index contributed by atoms with van der Waals surface area (Å²) in [7, 11) is 3.39. The second-order valence-corrected chi connectivity index (χ2v) is 12.3. The number of likely N-dealkylation sites (tertiary alicyclic amines) is 1. The number of hydrogen-bond donors (Lipinski definition) is 0. The minimum atomic E-state index is -0.396. The van der Waals surface area contributed by atoms with Gasteiger partial charge in [-0.2, -0.15) is 0 Å². The van der Waals surface area contributed by atoms with Gasteiger partial charge in [-0.15, -0.1) is 11.8 Å². The van der Waals surface area contributed by atoms with Gasteiger partial charge in [0.1, 0.15) is 5.75 Å². The van der Waals surface area contributed by atoms with E-state index in [-0.39, 0.29) is 23.1 Å². The highest BCUT2D eigenvalue weighted by atomic mass is 32.2. The van der Waals surface area contributed by atoms with Crippen LogP contribution in [-0.2, 0) is 29.1 Å². The number of carbonyl (C=O) groups excluding carboxylic acids is 2. The molecule has 4 heterocycles. The smallest absolute Gasteiger partial charge is 0.325 e. The van der Waals surface area contributed by atoms with Gasteiger partial charge in [0.05, 0.1) is 31.1 Å².